The summed E-state index contributed by atoms with van der Waals surface area (Å²) in [6.45, 7) is 4.38. The van der Waals surface area contributed by atoms with Crippen molar-refractivity contribution in [2.75, 3.05) is 0 Å². The van der Waals surface area contributed by atoms with E-state index in [1.54, 1.807) is 0 Å². The van der Waals surface area contributed by atoms with Gasteiger partial charge >= 0.3 is 12.1 Å². The van der Waals surface area contributed by atoms with E-state index in [9.17, 15) is 4.79 Å². The molecule has 0 bridgehead atoms. The molecule has 0 spiro atoms. The lowest BCUT2D eigenvalue weighted by Gasteiger charge is -2.02. The van der Waals surface area contributed by atoms with Gasteiger partial charge in [-0.2, -0.15) is 0 Å². The molecule has 0 aliphatic rings. The van der Waals surface area contributed by atoms with E-state index >= 15 is 0 Å². The van der Waals surface area contributed by atoms with Gasteiger partial charge in [-0.25, -0.2) is 4.79 Å². The number of unbranched alkanes of at least 4 members (excludes halogenated alkanes) is 2. The zero-order chi connectivity index (χ0) is 12.3. The summed E-state index contributed by atoms with van der Waals surface area (Å²) in [6.07, 6.45) is 2.79. The summed E-state index contributed by atoms with van der Waals surface area (Å²) in [7, 11) is 0. The molecular formula is C10H20O5. The Kier molecular flexibility index (Phi) is 11.7. The molecule has 0 aromatic carbocycles. The average molecular weight is 220 g/mol. The van der Waals surface area contributed by atoms with Crippen LogP contribution in [0.25, 0.3) is 0 Å². The molecule has 5 heteroatoms. The van der Waals surface area contributed by atoms with Crippen molar-refractivity contribution >= 4 is 12.1 Å². The highest BCUT2D eigenvalue weighted by Crippen LogP contribution is 2.08. The summed E-state index contributed by atoms with van der Waals surface area (Å²) in [5, 5.41) is 22.3. The Morgan fingerprint density at radius 3 is 1.80 bits per heavy atom. The number of rotatable bonds is 6. The van der Waals surface area contributed by atoms with Gasteiger partial charge in [0.2, 0.25) is 0 Å². The summed E-state index contributed by atoms with van der Waals surface area (Å²) >= 11 is 0. The van der Waals surface area contributed by atoms with Crippen LogP contribution in [0.2, 0.25) is 0 Å². The molecule has 0 rings (SSSR count). The summed E-state index contributed by atoms with van der Waals surface area (Å²) in [4.78, 5) is 18.7. The number of carboxylic acids is 1. The van der Waals surface area contributed by atoms with E-state index in [1.165, 1.54) is 12.8 Å². The first-order chi connectivity index (χ1) is 6.86. The van der Waals surface area contributed by atoms with E-state index < -0.39 is 12.1 Å². The minimum Gasteiger partial charge on any atom is -0.481 e. The van der Waals surface area contributed by atoms with Crippen LogP contribution >= 0.6 is 0 Å². The maximum Gasteiger partial charge on any atom is 0.503 e. The molecule has 0 aliphatic carbocycles. The molecule has 90 valence electrons. The molecular weight excluding hydrogens is 200 g/mol. The monoisotopic (exact) mass is 220 g/mol. The summed E-state index contributed by atoms with van der Waals surface area (Å²) < 4.78 is 0. The Balaban J connectivity index is 0. The fourth-order valence-electron chi connectivity index (χ4n) is 1.01. The lowest BCUT2D eigenvalue weighted by atomic mass is 10.0. The second-order valence-electron chi connectivity index (χ2n) is 3.67. The van der Waals surface area contributed by atoms with Gasteiger partial charge in [0, 0.05) is 6.42 Å². The first-order valence-electron chi connectivity index (χ1n) is 5.00. The van der Waals surface area contributed by atoms with E-state index in [0.29, 0.717) is 6.42 Å². The third-order valence-corrected chi connectivity index (χ3v) is 1.67. The van der Waals surface area contributed by atoms with Crippen molar-refractivity contribution in [3.05, 3.63) is 0 Å². The molecule has 15 heavy (non-hydrogen) atoms. The Morgan fingerprint density at radius 1 is 1.00 bits per heavy atom. The van der Waals surface area contributed by atoms with Gasteiger partial charge < -0.3 is 15.3 Å². The van der Waals surface area contributed by atoms with Crippen molar-refractivity contribution in [3.8, 4) is 0 Å². The van der Waals surface area contributed by atoms with Crippen molar-refractivity contribution in [1.82, 2.24) is 0 Å². The highest BCUT2D eigenvalue weighted by Gasteiger charge is 1.97. The van der Waals surface area contributed by atoms with Gasteiger partial charge in [-0.3, -0.25) is 4.79 Å². The van der Waals surface area contributed by atoms with Crippen molar-refractivity contribution < 1.29 is 24.9 Å². The van der Waals surface area contributed by atoms with Crippen LogP contribution in [0.15, 0.2) is 0 Å². The maximum atomic E-state index is 10.1. The van der Waals surface area contributed by atoms with Crippen LogP contribution in [-0.4, -0.2) is 27.4 Å². The predicted molar refractivity (Wildman–Crippen MR) is 56.2 cm³/mol. The number of hydrogen-bond acceptors (Lipinski definition) is 2. The number of hydrogen-bond donors (Lipinski definition) is 3. The minimum absolute atomic E-state index is 0.331. The van der Waals surface area contributed by atoms with E-state index in [0.717, 1.165) is 18.8 Å². The quantitative estimate of drug-likeness (QED) is 0.598. The standard InChI is InChI=1S/C9H18O2.CH2O3/c1-8(2)6-4-3-5-7-9(10)11;2-1(3)4/h8H,3-7H2,1-2H3,(H,10,11);(H2,2,3,4). The molecule has 0 amide bonds. The molecule has 0 aromatic heterocycles. The predicted octanol–water partition coefficient (Wildman–Crippen LogP) is 2.90. The molecule has 0 saturated heterocycles. The first kappa shape index (κ1) is 16.2. The lowest BCUT2D eigenvalue weighted by molar-refractivity contribution is -0.137. The number of aliphatic carboxylic acids is 1. The van der Waals surface area contributed by atoms with Gasteiger partial charge in [0.15, 0.2) is 0 Å². The van der Waals surface area contributed by atoms with E-state index in [2.05, 4.69) is 13.8 Å². The normalized spacial score (nSPS) is 9.27. The fourth-order valence-corrected chi connectivity index (χ4v) is 1.01. The second kappa shape index (κ2) is 10.8. The molecule has 0 aromatic rings. The van der Waals surface area contributed by atoms with Crippen LogP contribution in [0.4, 0.5) is 4.79 Å². The second-order valence-corrected chi connectivity index (χ2v) is 3.67. The van der Waals surface area contributed by atoms with Crippen LogP contribution in [0.3, 0.4) is 0 Å². The zero-order valence-corrected chi connectivity index (χ0v) is 9.27. The highest BCUT2D eigenvalue weighted by molar-refractivity contribution is 5.66. The summed E-state index contributed by atoms with van der Waals surface area (Å²) in [5.74, 6) is 0.0781. The van der Waals surface area contributed by atoms with Crippen LogP contribution in [0, 0.1) is 5.92 Å². The fraction of sp³-hybridized carbons (Fsp3) is 0.800. The zero-order valence-electron chi connectivity index (χ0n) is 9.27. The Labute approximate surface area is 89.7 Å². The molecule has 0 fully saturated rings. The van der Waals surface area contributed by atoms with Crippen LogP contribution < -0.4 is 0 Å². The number of carboxylic acid groups (broad SMARTS) is 3. The Hall–Kier alpha value is -1.26. The van der Waals surface area contributed by atoms with Crippen LogP contribution in [-0.2, 0) is 4.79 Å². The summed E-state index contributed by atoms with van der Waals surface area (Å²) in [5.41, 5.74) is 0. The molecule has 0 heterocycles. The van der Waals surface area contributed by atoms with Crippen molar-refractivity contribution in [1.29, 1.82) is 0 Å². The van der Waals surface area contributed by atoms with E-state index in [1.807, 2.05) is 0 Å². The molecule has 0 radical (unpaired) electrons. The molecule has 3 N–H and O–H groups in total. The van der Waals surface area contributed by atoms with Crippen molar-refractivity contribution in [2.45, 2.75) is 46.0 Å². The SMILES string of the molecule is CC(C)CCCCCC(=O)O.O=C(O)O. The van der Waals surface area contributed by atoms with E-state index in [4.69, 9.17) is 20.1 Å². The molecule has 5 nitrogen and oxygen atoms in total. The van der Waals surface area contributed by atoms with E-state index in [-0.39, 0.29) is 0 Å². The highest BCUT2D eigenvalue weighted by atomic mass is 16.6. The summed E-state index contributed by atoms with van der Waals surface area (Å²) in [6, 6.07) is 0. The molecule has 0 aliphatic heterocycles. The third kappa shape index (κ3) is 32.3. The van der Waals surface area contributed by atoms with Crippen molar-refractivity contribution in [2.24, 2.45) is 5.92 Å². The topological polar surface area (TPSA) is 94.8 Å². The molecule has 0 saturated carbocycles. The van der Waals surface area contributed by atoms with Gasteiger partial charge in [-0.1, -0.05) is 33.1 Å². The number of carbonyl (C=O) groups is 2. The van der Waals surface area contributed by atoms with Gasteiger partial charge in [0.05, 0.1) is 0 Å². The smallest absolute Gasteiger partial charge is 0.481 e. The maximum absolute atomic E-state index is 10.1. The van der Waals surface area contributed by atoms with Crippen LogP contribution in [0.1, 0.15) is 46.0 Å². The molecule has 0 atom stereocenters. The Bertz CT molecular complexity index is 173. The average Bonchev–Trinajstić information content (AvgIpc) is 2.01. The van der Waals surface area contributed by atoms with Gasteiger partial charge in [0.25, 0.3) is 0 Å². The first-order valence-corrected chi connectivity index (χ1v) is 5.00. The largest absolute Gasteiger partial charge is 0.503 e. The van der Waals surface area contributed by atoms with Crippen LogP contribution in [0.5, 0.6) is 0 Å². The Morgan fingerprint density at radius 2 is 1.47 bits per heavy atom. The molecule has 0 unspecified atom stereocenters. The minimum atomic E-state index is -1.83. The van der Waals surface area contributed by atoms with Gasteiger partial charge in [0.1, 0.15) is 0 Å². The van der Waals surface area contributed by atoms with Gasteiger partial charge in [-0.15, -0.1) is 0 Å². The van der Waals surface area contributed by atoms with Gasteiger partial charge in [-0.05, 0) is 12.3 Å². The van der Waals surface area contributed by atoms with Crippen molar-refractivity contribution in [3.63, 3.8) is 0 Å². The third-order valence-electron chi connectivity index (χ3n) is 1.67. The lowest BCUT2D eigenvalue weighted by Crippen LogP contribution is -1.94.